The Bertz CT molecular complexity index is 1060. The van der Waals surface area contributed by atoms with Crippen molar-refractivity contribution >= 4 is 38.1 Å². The quantitative estimate of drug-likeness (QED) is 0.337. The third-order valence-electron chi connectivity index (χ3n) is 4.36. The average Bonchev–Trinajstić information content (AvgIpc) is 3.18. The molecule has 1 heterocycles. The molecule has 140 valence electrons. The fourth-order valence-electron chi connectivity index (χ4n) is 2.76. The normalized spacial score (nSPS) is 10.6. The SMILES string of the molecule is Cc1ccccc1Nc1nc(-c2ccc(OCc3ccc(Br)cc3)cc2)cs1. The number of hydrogen-bond donors (Lipinski definition) is 1. The predicted molar refractivity (Wildman–Crippen MR) is 120 cm³/mol. The van der Waals surface area contributed by atoms with E-state index in [1.807, 2.05) is 48.5 Å². The van der Waals surface area contributed by atoms with Crippen LogP contribution < -0.4 is 10.1 Å². The van der Waals surface area contributed by atoms with Gasteiger partial charge in [-0.1, -0.05) is 46.3 Å². The molecule has 4 aromatic rings. The molecule has 3 aromatic carbocycles. The largest absolute Gasteiger partial charge is 0.489 e. The molecule has 0 aliphatic carbocycles. The molecule has 5 heteroatoms. The van der Waals surface area contributed by atoms with E-state index < -0.39 is 0 Å². The van der Waals surface area contributed by atoms with Gasteiger partial charge in [0.2, 0.25) is 0 Å². The Kier molecular flexibility index (Phi) is 5.74. The molecule has 0 spiro atoms. The number of anilines is 2. The second-order valence-corrected chi connectivity index (χ2v) is 8.19. The smallest absolute Gasteiger partial charge is 0.187 e. The highest BCUT2D eigenvalue weighted by atomic mass is 79.9. The van der Waals surface area contributed by atoms with Gasteiger partial charge in [-0.15, -0.1) is 11.3 Å². The van der Waals surface area contributed by atoms with Crippen molar-refractivity contribution in [3.63, 3.8) is 0 Å². The van der Waals surface area contributed by atoms with Crippen LogP contribution in [0.2, 0.25) is 0 Å². The summed E-state index contributed by atoms with van der Waals surface area (Å²) in [5.74, 6) is 0.847. The van der Waals surface area contributed by atoms with E-state index in [9.17, 15) is 0 Å². The second kappa shape index (κ2) is 8.59. The van der Waals surface area contributed by atoms with Crippen LogP contribution in [0.5, 0.6) is 5.75 Å². The lowest BCUT2D eigenvalue weighted by Gasteiger charge is -2.07. The molecule has 0 aliphatic rings. The van der Waals surface area contributed by atoms with Gasteiger partial charge in [-0.3, -0.25) is 0 Å². The van der Waals surface area contributed by atoms with E-state index in [0.717, 1.165) is 37.9 Å². The summed E-state index contributed by atoms with van der Waals surface area (Å²) in [5, 5.41) is 6.35. The van der Waals surface area contributed by atoms with Crippen molar-refractivity contribution in [1.82, 2.24) is 4.98 Å². The average molecular weight is 451 g/mol. The van der Waals surface area contributed by atoms with Crippen molar-refractivity contribution in [2.75, 3.05) is 5.32 Å². The predicted octanol–water partition coefficient (Wildman–Crippen LogP) is 7.20. The van der Waals surface area contributed by atoms with Crippen LogP contribution >= 0.6 is 27.3 Å². The Labute approximate surface area is 177 Å². The lowest BCUT2D eigenvalue weighted by molar-refractivity contribution is 0.306. The van der Waals surface area contributed by atoms with E-state index in [1.165, 1.54) is 5.56 Å². The molecule has 4 rings (SSSR count). The number of nitrogens with one attached hydrogen (secondary N) is 1. The zero-order valence-corrected chi connectivity index (χ0v) is 17.8. The van der Waals surface area contributed by atoms with Crippen molar-refractivity contribution in [2.24, 2.45) is 0 Å². The van der Waals surface area contributed by atoms with Gasteiger partial charge in [0, 0.05) is 21.1 Å². The fourth-order valence-corrected chi connectivity index (χ4v) is 3.76. The van der Waals surface area contributed by atoms with E-state index in [2.05, 4.69) is 57.8 Å². The van der Waals surface area contributed by atoms with Crippen molar-refractivity contribution in [3.8, 4) is 17.0 Å². The lowest BCUT2D eigenvalue weighted by Crippen LogP contribution is -1.95. The summed E-state index contributed by atoms with van der Waals surface area (Å²) in [6.45, 7) is 2.64. The molecule has 1 aromatic heterocycles. The first-order chi connectivity index (χ1) is 13.7. The van der Waals surface area contributed by atoms with Crippen LogP contribution in [0.4, 0.5) is 10.8 Å². The minimum atomic E-state index is 0.549. The number of hydrogen-bond acceptors (Lipinski definition) is 4. The highest BCUT2D eigenvalue weighted by molar-refractivity contribution is 9.10. The number of ether oxygens (including phenoxy) is 1. The molecule has 0 radical (unpaired) electrons. The fraction of sp³-hybridized carbons (Fsp3) is 0.0870. The molecule has 0 saturated heterocycles. The van der Waals surface area contributed by atoms with Crippen molar-refractivity contribution in [1.29, 1.82) is 0 Å². The molecule has 0 unspecified atom stereocenters. The van der Waals surface area contributed by atoms with Crippen molar-refractivity contribution < 1.29 is 4.74 Å². The van der Waals surface area contributed by atoms with Gasteiger partial charge in [-0.25, -0.2) is 4.98 Å². The van der Waals surface area contributed by atoms with E-state index in [-0.39, 0.29) is 0 Å². The van der Waals surface area contributed by atoms with E-state index in [4.69, 9.17) is 9.72 Å². The summed E-state index contributed by atoms with van der Waals surface area (Å²) < 4.78 is 6.94. The van der Waals surface area contributed by atoms with Crippen LogP contribution in [0.3, 0.4) is 0 Å². The van der Waals surface area contributed by atoms with Gasteiger partial charge in [0.05, 0.1) is 5.69 Å². The third kappa shape index (κ3) is 4.61. The number of aromatic nitrogens is 1. The van der Waals surface area contributed by atoms with Crippen LogP contribution in [0.1, 0.15) is 11.1 Å². The molecule has 3 nitrogen and oxygen atoms in total. The Morgan fingerprint density at radius 1 is 0.964 bits per heavy atom. The van der Waals surface area contributed by atoms with Gasteiger partial charge in [0.1, 0.15) is 12.4 Å². The number of rotatable bonds is 6. The van der Waals surface area contributed by atoms with Crippen molar-refractivity contribution in [3.05, 3.63) is 93.8 Å². The summed E-state index contributed by atoms with van der Waals surface area (Å²) in [7, 11) is 0. The molecule has 0 aliphatic heterocycles. The van der Waals surface area contributed by atoms with Gasteiger partial charge in [0.25, 0.3) is 0 Å². The van der Waals surface area contributed by atoms with E-state index in [0.29, 0.717) is 6.61 Å². The summed E-state index contributed by atoms with van der Waals surface area (Å²) in [4.78, 5) is 4.71. The maximum Gasteiger partial charge on any atom is 0.187 e. The monoisotopic (exact) mass is 450 g/mol. The van der Waals surface area contributed by atoms with Crippen LogP contribution in [0, 0.1) is 6.92 Å². The summed E-state index contributed by atoms with van der Waals surface area (Å²) in [6.07, 6.45) is 0. The number of thiazole rings is 1. The zero-order valence-electron chi connectivity index (χ0n) is 15.4. The highest BCUT2D eigenvalue weighted by Gasteiger charge is 2.06. The molecule has 28 heavy (non-hydrogen) atoms. The first-order valence-corrected chi connectivity index (χ1v) is 10.6. The molecule has 1 N–H and O–H groups in total. The first kappa shape index (κ1) is 18.7. The molecular formula is C23H19BrN2OS. The number of para-hydroxylation sites is 1. The second-order valence-electron chi connectivity index (χ2n) is 6.42. The Hall–Kier alpha value is -2.63. The summed E-state index contributed by atoms with van der Waals surface area (Å²) >= 11 is 5.05. The van der Waals surface area contributed by atoms with Gasteiger partial charge in [-0.05, 0) is 60.5 Å². The Morgan fingerprint density at radius 2 is 1.71 bits per heavy atom. The first-order valence-electron chi connectivity index (χ1n) is 8.93. The number of benzene rings is 3. The van der Waals surface area contributed by atoms with Gasteiger partial charge < -0.3 is 10.1 Å². The maximum absolute atomic E-state index is 5.87. The van der Waals surface area contributed by atoms with Crippen molar-refractivity contribution in [2.45, 2.75) is 13.5 Å². The van der Waals surface area contributed by atoms with Crippen LogP contribution in [0.25, 0.3) is 11.3 Å². The standard InChI is InChI=1S/C23H19BrN2OS/c1-16-4-2-3-5-21(16)25-23-26-22(15-28-23)18-8-12-20(13-9-18)27-14-17-6-10-19(24)11-7-17/h2-13,15H,14H2,1H3,(H,25,26). The molecule has 0 amide bonds. The molecule has 0 saturated carbocycles. The van der Waals surface area contributed by atoms with Gasteiger partial charge in [0.15, 0.2) is 5.13 Å². The number of aryl methyl sites for hydroxylation is 1. The van der Waals surface area contributed by atoms with Gasteiger partial charge in [-0.2, -0.15) is 0 Å². The lowest BCUT2D eigenvalue weighted by atomic mass is 10.2. The Morgan fingerprint density at radius 3 is 2.46 bits per heavy atom. The number of halogens is 1. The minimum Gasteiger partial charge on any atom is -0.489 e. The van der Waals surface area contributed by atoms with E-state index >= 15 is 0 Å². The molecule has 0 atom stereocenters. The molecule has 0 fully saturated rings. The zero-order chi connectivity index (χ0) is 19.3. The van der Waals surface area contributed by atoms with Gasteiger partial charge >= 0.3 is 0 Å². The molecular weight excluding hydrogens is 432 g/mol. The topological polar surface area (TPSA) is 34.2 Å². The van der Waals surface area contributed by atoms with Crippen LogP contribution in [0.15, 0.2) is 82.6 Å². The maximum atomic E-state index is 5.87. The summed E-state index contributed by atoms with van der Waals surface area (Å²) in [5.41, 5.74) is 5.45. The Balaban J connectivity index is 1.40. The number of nitrogens with zero attached hydrogens (tertiary/aromatic N) is 1. The summed E-state index contributed by atoms with van der Waals surface area (Å²) in [6, 6.07) is 24.4. The molecule has 0 bridgehead atoms. The third-order valence-corrected chi connectivity index (χ3v) is 5.65. The van der Waals surface area contributed by atoms with E-state index in [1.54, 1.807) is 11.3 Å². The van der Waals surface area contributed by atoms with Crippen LogP contribution in [-0.2, 0) is 6.61 Å². The van der Waals surface area contributed by atoms with Crippen LogP contribution in [-0.4, -0.2) is 4.98 Å². The minimum absolute atomic E-state index is 0.549. The highest BCUT2D eigenvalue weighted by Crippen LogP contribution is 2.29.